The first kappa shape index (κ1) is 25.3. The third-order valence-corrected chi connectivity index (χ3v) is 6.45. The zero-order valence-corrected chi connectivity index (χ0v) is 19.5. The van der Waals surface area contributed by atoms with Crippen molar-refractivity contribution < 1.29 is 43.9 Å². The van der Waals surface area contributed by atoms with Gasteiger partial charge in [0.15, 0.2) is 11.9 Å². The highest BCUT2D eigenvalue weighted by Gasteiger charge is 2.44. The molecule has 2 aliphatic rings. The molecule has 0 aromatic carbocycles. The Morgan fingerprint density at radius 1 is 1.21 bits per heavy atom. The largest absolute Gasteiger partial charge is 0.463 e. The molecule has 1 saturated heterocycles. The summed E-state index contributed by atoms with van der Waals surface area (Å²) >= 11 is 0. The third-order valence-electron chi connectivity index (χ3n) is 5.93. The van der Waals surface area contributed by atoms with Crippen molar-refractivity contribution in [2.45, 2.75) is 62.7 Å². The first-order valence-electron chi connectivity index (χ1n) is 11.3. The number of aliphatic hydroxyl groups excluding tert-OH is 3. The van der Waals surface area contributed by atoms with Crippen LogP contribution < -0.4 is 10.1 Å². The van der Waals surface area contributed by atoms with Crippen LogP contribution in [0, 0.1) is 0 Å². The summed E-state index contributed by atoms with van der Waals surface area (Å²) in [6.07, 6.45) is 0.909. The van der Waals surface area contributed by atoms with Crippen molar-refractivity contribution in [3.05, 3.63) is 12.3 Å². The monoisotopic (exact) mass is 502 g/mol. The maximum Gasteiger partial charge on any atom is 0.350 e. The summed E-state index contributed by atoms with van der Waals surface area (Å²) in [6, 6.07) is 2.16. The Labute approximate surface area is 195 Å². The maximum atomic E-state index is 11.0. The molecule has 0 radical (unpaired) electrons. The number of ether oxygens (including phenoxy) is 3. The summed E-state index contributed by atoms with van der Waals surface area (Å²) in [7, 11) is -4.37. The SMILES string of the molecule is O=P(O)(O)COC[C@H]1O[C@@H](n2ccc3c(NC4CCCC4)nc(OCCCO)nc32)[C@H](O)[C@@H]1O. The molecule has 2 aromatic heterocycles. The Bertz CT molecular complexity index is 1010. The molecule has 190 valence electrons. The van der Waals surface area contributed by atoms with Gasteiger partial charge in [0, 0.05) is 25.3 Å². The molecule has 4 rings (SSSR count). The van der Waals surface area contributed by atoms with Crippen molar-refractivity contribution in [1.29, 1.82) is 0 Å². The minimum atomic E-state index is -4.37. The van der Waals surface area contributed by atoms with Gasteiger partial charge in [-0.25, -0.2) is 0 Å². The van der Waals surface area contributed by atoms with E-state index < -0.39 is 38.5 Å². The van der Waals surface area contributed by atoms with E-state index in [4.69, 9.17) is 29.1 Å². The van der Waals surface area contributed by atoms with Gasteiger partial charge in [-0.05, 0) is 18.9 Å². The number of nitrogens with zero attached hydrogens (tertiary/aromatic N) is 3. The van der Waals surface area contributed by atoms with Crippen molar-refractivity contribution in [1.82, 2.24) is 14.5 Å². The molecule has 13 nitrogen and oxygen atoms in total. The van der Waals surface area contributed by atoms with E-state index in [1.54, 1.807) is 16.8 Å². The Hall–Kier alpha value is -1.83. The first-order valence-corrected chi connectivity index (χ1v) is 13.1. The summed E-state index contributed by atoms with van der Waals surface area (Å²) in [5, 5.41) is 34.2. The molecule has 0 amide bonds. The molecule has 0 bridgehead atoms. The summed E-state index contributed by atoms with van der Waals surface area (Å²) < 4.78 is 28.9. The van der Waals surface area contributed by atoms with Crippen LogP contribution in [0.15, 0.2) is 12.3 Å². The van der Waals surface area contributed by atoms with Crippen molar-refractivity contribution in [3.63, 3.8) is 0 Å². The molecule has 1 aliphatic carbocycles. The zero-order valence-electron chi connectivity index (χ0n) is 18.6. The highest BCUT2D eigenvalue weighted by molar-refractivity contribution is 7.51. The molecule has 6 N–H and O–H groups in total. The van der Waals surface area contributed by atoms with E-state index >= 15 is 0 Å². The molecule has 4 atom stereocenters. The van der Waals surface area contributed by atoms with E-state index in [-0.39, 0.29) is 31.9 Å². The van der Waals surface area contributed by atoms with Crippen molar-refractivity contribution in [2.75, 3.05) is 31.5 Å². The van der Waals surface area contributed by atoms with Crippen molar-refractivity contribution >= 4 is 24.4 Å². The fraction of sp³-hybridized carbons (Fsp3) is 0.700. The summed E-state index contributed by atoms with van der Waals surface area (Å²) in [4.78, 5) is 26.9. The normalized spacial score (nSPS) is 25.9. The highest BCUT2D eigenvalue weighted by Crippen LogP contribution is 2.37. The van der Waals surface area contributed by atoms with Gasteiger partial charge in [-0.3, -0.25) is 4.57 Å². The average molecular weight is 502 g/mol. The number of fused-ring (bicyclic) bond motifs is 1. The van der Waals surface area contributed by atoms with Gasteiger partial charge in [0.05, 0.1) is 18.6 Å². The number of hydrogen-bond donors (Lipinski definition) is 6. The minimum Gasteiger partial charge on any atom is -0.463 e. The number of aromatic nitrogens is 3. The molecule has 3 heterocycles. The lowest BCUT2D eigenvalue weighted by molar-refractivity contribution is -0.0611. The van der Waals surface area contributed by atoms with Crippen LogP contribution in [0.2, 0.25) is 0 Å². The summed E-state index contributed by atoms with van der Waals surface area (Å²) in [5.41, 5.74) is 0.419. The van der Waals surface area contributed by atoms with Crippen molar-refractivity contribution in [3.8, 4) is 6.01 Å². The lowest BCUT2D eigenvalue weighted by Gasteiger charge is -2.19. The van der Waals surface area contributed by atoms with Gasteiger partial charge in [-0.1, -0.05) is 12.8 Å². The van der Waals surface area contributed by atoms with Gasteiger partial charge < -0.3 is 49.2 Å². The van der Waals surface area contributed by atoms with E-state index in [9.17, 15) is 14.8 Å². The smallest absolute Gasteiger partial charge is 0.350 e. The molecule has 1 saturated carbocycles. The van der Waals surface area contributed by atoms with E-state index in [0.29, 0.717) is 23.3 Å². The second-order valence-electron chi connectivity index (χ2n) is 8.58. The van der Waals surface area contributed by atoms with Crippen LogP contribution >= 0.6 is 7.60 Å². The van der Waals surface area contributed by atoms with E-state index in [1.807, 2.05) is 0 Å². The topological polar surface area (TPSA) is 189 Å². The van der Waals surface area contributed by atoms with Crippen LogP contribution in [0.3, 0.4) is 0 Å². The quantitative estimate of drug-likeness (QED) is 0.183. The van der Waals surface area contributed by atoms with Gasteiger partial charge in [-0.15, -0.1) is 0 Å². The van der Waals surface area contributed by atoms with Crippen molar-refractivity contribution in [2.24, 2.45) is 0 Å². The first-order chi connectivity index (χ1) is 16.3. The van der Waals surface area contributed by atoms with E-state index in [1.165, 1.54) is 0 Å². The van der Waals surface area contributed by atoms with Gasteiger partial charge in [0.25, 0.3) is 0 Å². The highest BCUT2D eigenvalue weighted by atomic mass is 31.2. The Morgan fingerprint density at radius 3 is 2.68 bits per heavy atom. The van der Waals surface area contributed by atoms with Gasteiger partial charge >= 0.3 is 13.6 Å². The standard InChI is InChI=1S/C20H31N4O9P/c25-8-3-9-32-20-22-17(21-12-4-1-2-5-12)13-6-7-24(18(13)23-20)19-16(27)15(26)14(33-19)10-31-11-34(28,29)30/h6-7,12,14-16,19,25-27H,1-5,8-11H2,(H,21,22,23)(H2,28,29,30)/t14-,15-,16-,19-/m1/s1. The second kappa shape index (κ2) is 10.8. The number of aliphatic hydroxyl groups is 3. The van der Waals surface area contributed by atoms with Gasteiger partial charge in [0.1, 0.15) is 30.5 Å². The van der Waals surface area contributed by atoms with Crippen LogP contribution in [-0.4, -0.2) is 90.2 Å². The molecule has 1 aliphatic heterocycles. The lowest BCUT2D eigenvalue weighted by Crippen LogP contribution is -2.33. The average Bonchev–Trinajstić information content (AvgIpc) is 3.50. The number of rotatable bonds is 11. The van der Waals surface area contributed by atoms with E-state index in [0.717, 1.165) is 25.7 Å². The molecule has 0 unspecified atom stereocenters. The molecule has 0 spiro atoms. The summed E-state index contributed by atoms with van der Waals surface area (Å²) in [5.74, 6) is 0.587. The zero-order chi connectivity index (χ0) is 24.3. The predicted octanol–water partition coefficient (Wildman–Crippen LogP) is 0.318. The van der Waals surface area contributed by atoms with Gasteiger partial charge in [0.2, 0.25) is 0 Å². The minimum absolute atomic E-state index is 0.0305. The second-order valence-corrected chi connectivity index (χ2v) is 10.2. The van der Waals surface area contributed by atoms with Crippen LogP contribution in [0.4, 0.5) is 5.82 Å². The molecule has 2 fully saturated rings. The fourth-order valence-corrected chi connectivity index (χ4v) is 4.61. The number of nitrogens with one attached hydrogen (secondary N) is 1. The Morgan fingerprint density at radius 2 is 1.97 bits per heavy atom. The lowest BCUT2D eigenvalue weighted by atomic mass is 10.1. The van der Waals surface area contributed by atoms with E-state index in [2.05, 4.69) is 15.3 Å². The third kappa shape index (κ3) is 5.86. The Kier molecular flexibility index (Phi) is 8.05. The van der Waals surface area contributed by atoms with Crippen LogP contribution in [0.1, 0.15) is 38.3 Å². The van der Waals surface area contributed by atoms with Crippen LogP contribution in [0.25, 0.3) is 11.0 Å². The number of anilines is 1. The molecule has 14 heteroatoms. The summed E-state index contributed by atoms with van der Waals surface area (Å²) in [6.45, 7) is -0.110. The maximum absolute atomic E-state index is 11.0. The predicted molar refractivity (Wildman–Crippen MR) is 119 cm³/mol. The molecular formula is C20H31N4O9P. The Balaban J connectivity index is 1.58. The molecular weight excluding hydrogens is 471 g/mol. The van der Waals surface area contributed by atoms with Crippen LogP contribution in [0.5, 0.6) is 6.01 Å². The van der Waals surface area contributed by atoms with Gasteiger partial charge in [-0.2, -0.15) is 9.97 Å². The molecule has 34 heavy (non-hydrogen) atoms. The fourth-order valence-electron chi connectivity index (χ4n) is 4.27. The van der Waals surface area contributed by atoms with Crippen LogP contribution in [-0.2, 0) is 14.0 Å². The molecule has 2 aromatic rings. The number of hydrogen-bond acceptors (Lipinski definition) is 10.